The standard InChI is InChI=1S/C27H31N7O3/c1-2-3-4-5-10-24(26(35)33-14-13-19(16-33)27(36)37)34-17-28-22-15-18(11-12-23(22)34)20-8-6-7-9-21(20)25-29-31-32-30-25/h6-9,11-12,15,17,19,24H,2-5,10,13-14,16H2,1H3,(H,36,37)(H,29,30,31,32). The number of H-pyrrole nitrogens is 1. The van der Waals surface area contributed by atoms with Crippen LogP contribution in [0.2, 0.25) is 0 Å². The van der Waals surface area contributed by atoms with Gasteiger partial charge in [-0.25, -0.2) is 4.98 Å². The molecule has 2 aromatic carbocycles. The van der Waals surface area contributed by atoms with E-state index in [1.54, 1.807) is 11.2 Å². The summed E-state index contributed by atoms with van der Waals surface area (Å²) >= 11 is 0. The quantitative estimate of drug-likeness (QED) is 0.309. The molecule has 0 spiro atoms. The highest BCUT2D eigenvalue weighted by molar-refractivity contribution is 5.89. The Labute approximate surface area is 214 Å². The fourth-order valence-corrected chi connectivity index (χ4v) is 5.17. The van der Waals surface area contributed by atoms with E-state index in [-0.39, 0.29) is 12.5 Å². The smallest absolute Gasteiger partial charge is 0.308 e. The predicted molar refractivity (Wildman–Crippen MR) is 138 cm³/mol. The molecule has 0 bridgehead atoms. The Morgan fingerprint density at radius 1 is 1.14 bits per heavy atom. The number of benzene rings is 2. The number of likely N-dealkylation sites (tertiary alicyclic amines) is 1. The minimum atomic E-state index is -0.837. The Balaban J connectivity index is 1.46. The number of carbonyl (C=O) groups is 2. The number of amides is 1. The minimum Gasteiger partial charge on any atom is -0.481 e. The highest BCUT2D eigenvalue weighted by Gasteiger charge is 2.35. The largest absolute Gasteiger partial charge is 0.481 e. The highest BCUT2D eigenvalue weighted by Crippen LogP contribution is 2.33. The molecule has 1 aliphatic rings. The summed E-state index contributed by atoms with van der Waals surface area (Å²) in [5, 5.41) is 23.9. The van der Waals surface area contributed by atoms with E-state index >= 15 is 0 Å². The number of nitrogens with one attached hydrogen (secondary N) is 1. The van der Waals surface area contributed by atoms with Gasteiger partial charge < -0.3 is 14.6 Å². The van der Waals surface area contributed by atoms with Crippen LogP contribution in [0.1, 0.15) is 51.5 Å². The molecule has 1 amide bonds. The number of aromatic nitrogens is 6. The van der Waals surface area contributed by atoms with Crippen LogP contribution in [-0.4, -0.2) is 65.1 Å². The van der Waals surface area contributed by atoms with Crippen molar-refractivity contribution in [2.24, 2.45) is 5.92 Å². The van der Waals surface area contributed by atoms with Crippen molar-refractivity contribution < 1.29 is 14.7 Å². The fourth-order valence-electron chi connectivity index (χ4n) is 5.17. The highest BCUT2D eigenvalue weighted by atomic mass is 16.4. The summed E-state index contributed by atoms with van der Waals surface area (Å²) in [5.41, 5.74) is 4.46. The van der Waals surface area contributed by atoms with Gasteiger partial charge in [-0.1, -0.05) is 62.9 Å². The summed E-state index contributed by atoms with van der Waals surface area (Å²) in [5.74, 6) is -0.835. The molecule has 0 radical (unpaired) electrons. The number of carboxylic acid groups (broad SMARTS) is 1. The van der Waals surface area contributed by atoms with Gasteiger partial charge in [0.2, 0.25) is 11.7 Å². The summed E-state index contributed by atoms with van der Waals surface area (Å²) in [6.07, 6.45) is 7.16. The number of hydrogen-bond donors (Lipinski definition) is 2. The Bertz CT molecular complexity index is 1380. The molecule has 0 saturated carbocycles. The van der Waals surface area contributed by atoms with Gasteiger partial charge in [-0.3, -0.25) is 9.59 Å². The van der Waals surface area contributed by atoms with Crippen molar-refractivity contribution in [2.45, 2.75) is 51.5 Å². The summed E-state index contributed by atoms with van der Waals surface area (Å²) in [6, 6.07) is 13.5. The molecule has 10 heteroatoms. The number of carbonyl (C=O) groups excluding carboxylic acids is 1. The van der Waals surface area contributed by atoms with Crippen molar-refractivity contribution in [1.82, 2.24) is 35.1 Å². The summed E-state index contributed by atoms with van der Waals surface area (Å²) < 4.78 is 1.96. The Kier molecular flexibility index (Phi) is 7.25. The number of rotatable bonds is 10. The van der Waals surface area contributed by atoms with Gasteiger partial charge in [0.05, 0.1) is 23.3 Å². The van der Waals surface area contributed by atoms with Gasteiger partial charge in [0.15, 0.2) is 0 Å². The Morgan fingerprint density at radius 3 is 2.70 bits per heavy atom. The summed E-state index contributed by atoms with van der Waals surface area (Å²) in [7, 11) is 0. The van der Waals surface area contributed by atoms with Crippen LogP contribution in [0.25, 0.3) is 33.5 Å². The van der Waals surface area contributed by atoms with E-state index in [1.807, 2.05) is 47.0 Å². The zero-order valence-corrected chi connectivity index (χ0v) is 20.9. The predicted octanol–water partition coefficient (Wildman–Crippen LogP) is 4.33. The summed E-state index contributed by atoms with van der Waals surface area (Å²) in [6.45, 7) is 2.91. The number of tetrazole rings is 1. The van der Waals surface area contributed by atoms with Crippen LogP contribution in [0.4, 0.5) is 0 Å². The third-order valence-corrected chi connectivity index (χ3v) is 7.20. The average molecular weight is 502 g/mol. The molecule has 1 aliphatic heterocycles. The molecule has 192 valence electrons. The maximum Gasteiger partial charge on any atom is 0.308 e. The molecule has 2 unspecified atom stereocenters. The van der Waals surface area contributed by atoms with Crippen molar-refractivity contribution in [1.29, 1.82) is 0 Å². The normalized spacial score (nSPS) is 16.4. The van der Waals surface area contributed by atoms with Gasteiger partial charge in [0.1, 0.15) is 6.04 Å². The molecule has 2 N–H and O–H groups in total. The Morgan fingerprint density at radius 2 is 1.97 bits per heavy atom. The second-order valence-electron chi connectivity index (χ2n) is 9.61. The van der Waals surface area contributed by atoms with Gasteiger partial charge in [0, 0.05) is 18.7 Å². The molecular weight excluding hydrogens is 470 g/mol. The van der Waals surface area contributed by atoms with E-state index in [9.17, 15) is 14.7 Å². The second kappa shape index (κ2) is 10.9. The second-order valence-corrected chi connectivity index (χ2v) is 9.61. The van der Waals surface area contributed by atoms with Crippen molar-refractivity contribution >= 4 is 22.9 Å². The lowest BCUT2D eigenvalue weighted by atomic mass is 9.98. The maximum atomic E-state index is 13.6. The molecule has 1 fully saturated rings. The molecule has 1 saturated heterocycles. The molecule has 0 aliphatic carbocycles. The van der Waals surface area contributed by atoms with Gasteiger partial charge in [-0.15, -0.1) is 10.2 Å². The van der Waals surface area contributed by atoms with Crippen molar-refractivity contribution in [3.63, 3.8) is 0 Å². The Hall–Kier alpha value is -4.08. The number of hydrogen-bond acceptors (Lipinski definition) is 6. The number of aliphatic carboxylic acids is 1. The van der Waals surface area contributed by atoms with Crippen LogP contribution >= 0.6 is 0 Å². The number of aromatic amines is 1. The molecular formula is C27H31N7O3. The molecule has 3 heterocycles. The molecule has 5 rings (SSSR count). The van der Waals surface area contributed by atoms with Gasteiger partial charge >= 0.3 is 5.97 Å². The first-order valence-electron chi connectivity index (χ1n) is 12.9. The van der Waals surface area contributed by atoms with E-state index in [2.05, 4.69) is 32.5 Å². The molecule has 37 heavy (non-hydrogen) atoms. The number of imidazole rings is 1. The van der Waals surface area contributed by atoms with E-state index in [1.165, 1.54) is 0 Å². The lowest BCUT2D eigenvalue weighted by molar-refractivity contribution is -0.141. The van der Waals surface area contributed by atoms with Gasteiger partial charge in [-0.2, -0.15) is 5.21 Å². The number of unbranched alkanes of at least 4 members (excludes halogenated alkanes) is 3. The topological polar surface area (TPSA) is 130 Å². The van der Waals surface area contributed by atoms with E-state index in [4.69, 9.17) is 0 Å². The van der Waals surface area contributed by atoms with E-state index < -0.39 is 17.9 Å². The number of carboxylic acids is 1. The third kappa shape index (κ3) is 5.09. The zero-order chi connectivity index (χ0) is 25.8. The van der Waals surface area contributed by atoms with E-state index in [0.717, 1.165) is 53.4 Å². The molecule has 2 aromatic heterocycles. The van der Waals surface area contributed by atoms with Crippen LogP contribution in [0.3, 0.4) is 0 Å². The first kappa shape index (κ1) is 24.6. The molecule has 4 aromatic rings. The maximum absolute atomic E-state index is 13.6. The van der Waals surface area contributed by atoms with Crippen molar-refractivity contribution in [2.75, 3.05) is 13.1 Å². The number of fused-ring (bicyclic) bond motifs is 1. The van der Waals surface area contributed by atoms with Crippen molar-refractivity contribution in [3.05, 3.63) is 48.8 Å². The molecule has 10 nitrogen and oxygen atoms in total. The lowest BCUT2D eigenvalue weighted by Gasteiger charge is -2.25. The van der Waals surface area contributed by atoms with Gasteiger partial charge in [-0.05, 0) is 41.3 Å². The van der Waals surface area contributed by atoms with Crippen LogP contribution in [0, 0.1) is 5.92 Å². The van der Waals surface area contributed by atoms with E-state index in [0.29, 0.717) is 25.2 Å². The monoisotopic (exact) mass is 501 g/mol. The first-order chi connectivity index (χ1) is 18.1. The molecule has 2 atom stereocenters. The fraction of sp³-hybridized carbons (Fsp3) is 0.407. The zero-order valence-electron chi connectivity index (χ0n) is 20.9. The third-order valence-electron chi connectivity index (χ3n) is 7.20. The number of nitrogens with zero attached hydrogens (tertiary/aromatic N) is 6. The van der Waals surface area contributed by atoms with Crippen LogP contribution in [0.15, 0.2) is 48.8 Å². The minimum absolute atomic E-state index is 0.0222. The summed E-state index contributed by atoms with van der Waals surface area (Å²) in [4.78, 5) is 31.5. The van der Waals surface area contributed by atoms with Crippen LogP contribution in [0.5, 0.6) is 0 Å². The SMILES string of the molecule is CCCCCCC(C(=O)N1CCC(C(=O)O)C1)n1cnc2cc(-c3ccccc3-c3nn[nH]n3)ccc21. The van der Waals surface area contributed by atoms with Crippen molar-refractivity contribution in [3.8, 4) is 22.5 Å². The van der Waals surface area contributed by atoms with Crippen LogP contribution in [-0.2, 0) is 9.59 Å². The first-order valence-corrected chi connectivity index (χ1v) is 12.9. The lowest BCUT2D eigenvalue weighted by Crippen LogP contribution is -2.36. The average Bonchev–Trinajstić information content (AvgIpc) is 3.69. The van der Waals surface area contributed by atoms with Gasteiger partial charge in [0.25, 0.3) is 0 Å². The van der Waals surface area contributed by atoms with Crippen LogP contribution < -0.4 is 0 Å².